The molecule has 0 saturated heterocycles. The minimum atomic E-state index is -4.76. The van der Waals surface area contributed by atoms with Crippen molar-refractivity contribution in [3.05, 3.63) is 58.9 Å². The van der Waals surface area contributed by atoms with Crippen molar-refractivity contribution < 1.29 is 22.7 Å². The number of aromatic nitrogens is 1. The Bertz CT molecular complexity index is 940. The molecule has 1 heterocycles. The number of hydrogen-bond acceptors (Lipinski definition) is 4. The third kappa shape index (κ3) is 5.45. The summed E-state index contributed by atoms with van der Waals surface area (Å²) in [6.45, 7) is 1.91. The number of ether oxygens (including phenoxy) is 1. The third-order valence-electron chi connectivity index (χ3n) is 3.38. The van der Waals surface area contributed by atoms with Crippen LogP contribution in [-0.4, -0.2) is 17.4 Å². The van der Waals surface area contributed by atoms with E-state index in [1.54, 1.807) is 18.2 Å². The maximum atomic E-state index is 12.1. The van der Waals surface area contributed by atoms with E-state index in [0.29, 0.717) is 11.4 Å². The molecule has 0 atom stereocenters. The minimum Gasteiger partial charge on any atom is -0.406 e. The predicted octanol–water partition coefficient (Wildman–Crippen LogP) is 5.66. The number of nitrogens with one attached hydrogen (secondary N) is 2. The van der Waals surface area contributed by atoms with E-state index in [0.717, 1.165) is 28.4 Å². The maximum absolute atomic E-state index is 12.1. The summed E-state index contributed by atoms with van der Waals surface area (Å²) in [5.41, 5.74) is 2.58. The number of anilines is 2. The fourth-order valence-electron chi connectivity index (χ4n) is 2.29. The number of thiazole rings is 1. The van der Waals surface area contributed by atoms with Crippen molar-refractivity contribution in [1.29, 1.82) is 0 Å². The van der Waals surface area contributed by atoms with Gasteiger partial charge in [-0.15, -0.1) is 24.5 Å². The molecule has 0 aliphatic carbocycles. The molecule has 0 radical (unpaired) electrons. The van der Waals surface area contributed by atoms with Gasteiger partial charge in [-0.3, -0.25) is 0 Å². The van der Waals surface area contributed by atoms with Crippen LogP contribution in [0.1, 0.15) is 5.01 Å². The highest BCUT2D eigenvalue weighted by atomic mass is 32.1. The lowest BCUT2D eigenvalue weighted by Crippen LogP contribution is -2.19. The molecule has 140 valence electrons. The molecule has 3 rings (SSSR count). The van der Waals surface area contributed by atoms with E-state index in [1.807, 2.05) is 18.4 Å². The Morgan fingerprint density at radius 2 is 1.78 bits per heavy atom. The van der Waals surface area contributed by atoms with Crippen LogP contribution in [0.5, 0.6) is 5.75 Å². The molecule has 2 aromatic carbocycles. The molecule has 0 fully saturated rings. The first-order valence-corrected chi connectivity index (χ1v) is 8.63. The Labute approximate surface area is 156 Å². The number of aryl methyl sites for hydroxylation is 1. The van der Waals surface area contributed by atoms with Crippen molar-refractivity contribution in [3.8, 4) is 17.0 Å². The number of amides is 2. The lowest BCUT2D eigenvalue weighted by Gasteiger charge is -2.11. The Kier molecular flexibility index (Phi) is 5.31. The average Bonchev–Trinajstić information content (AvgIpc) is 3.02. The molecule has 0 unspecified atom stereocenters. The van der Waals surface area contributed by atoms with Crippen LogP contribution < -0.4 is 15.4 Å². The van der Waals surface area contributed by atoms with Gasteiger partial charge in [-0.2, -0.15) is 0 Å². The molecule has 2 N–H and O–H groups in total. The SMILES string of the molecule is Cc1nc(-c2cccc(NC(=O)Nc3ccc(OC(F)(F)F)cc3)c2)cs1. The Hall–Kier alpha value is -3.07. The summed E-state index contributed by atoms with van der Waals surface area (Å²) < 4.78 is 40.2. The lowest BCUT2D eigenvalue weighted by molar-refractivity contribution is -0.274. The van der Waals surface area contributed by atoms with E-state index in [-0.39, 0.29) is 5.75 Å². The monoisotopic (exact) mass is 393 g/mol. The third-order valence-corrected chi connectivity index (χ3v) is 4.15. The molecule has 0 spiro atoms. The first-order chi connectivity index (χ1) is 12.8. The lowest BCUT2D eigenvalue weighted by atomic mass is 10.1. The van der Waals surface area contributed by atoms with Gasteiger partial charge in [0.05, 0.1) is 10.7 Å². The number of alkyl halides is 3. The van der Waals surface area contributed by atoms with Gasteiger partial charge in [-0.05, 0) is 43.3 Å². The molecule has 0 bridgehead atoms. The van der Waals surface area contributed by atoms with Gasteiger partial charge in [0.2, 0.25) is 0 Å². The zero-order valence-electron chi connectivity index (χ0n) is 14.0. The number of benzene rings is 2. The summed E-state index contributed by atoms with van der Waals surface area (Å²) in [7, 11) is 0. The molecular formula is C18H14F3N3O2S. The summed E-state index contributed by atoms with van der Waals surface area (Å²) in [5.74, 6) is -0.361. The number of nitrogens with zero attached hydrogens (tertiary/aromatic N) is 1. The second-order valence-corrected chi connectivity index (χ2v) is 6.55. The fourth-order valence-corrected chi connectivity index (χ4v) is 2.91. The second-order valence-electron chi connectivity index (χ2n) is 5.48. The molecule has 3 aromatic rings. The largest absolute Gasteiger partial charge is 0.573 e. The van der Waals surface area contributed by atoms with Crippen molar-refractivity contribution in [1.82, 2.24) is 4.98 Å². The molecule has 5 nitrogen and oxygen atoms in total. The quantitative estimate of drug-likeness (QED) is 0.601. The number of halogens is 3. The number of urea groups is 1. The van der Waals surface area contributed by atoms with E-state index < -0.39 is 12.4 Å². The second kappa shape index (κ2) is 7.67. The van der Waals surface area contributed by atoms with Crippen LogP contribution in [0.4, 0.5) is 29.3 Å². The van der Waals surface area contributed by atoms with Crippen molar-refractivity contribution >= 4 is 28.7 Å². The summed E-state index contributed by atoms with van der Waals surface area (Å²) in [5, 5.41) is 8.09. The predicted molar refractivity (Wildman–Crippen MR) is 98.1 cm³/mol. The van der Waals surface area contributed by atoms with Gasteiger partial charge >= 0.3 is 12.4 Å². The maximum Gasteiger partial charge on any atom is 0.573 e. The normalized spacial score (nSPS) is 11.1. The van der Waals surface area contributed by atoms with Gasteiger partial charge in [0.25, 0.3) is 0 Å². The highest BCUT2D eigenvalue weighted by Crippen LogP contribution is 2.25. The highest BCUT2D eigenvalue weighted by Gasteiger charge is 2.30. The topological polar surface area (TPSA) is 63.2 Å². The number of carbonyl (C=O) groups excluding carboxylic acids is 1. The smallest absolute Gasteiger partial charge is 0.406 e. The van der Waals surface area contributed by atoms with Crippen LogP contribution in [0.3, 0.4) is 0 Å². The molecule has 0 aliphatic rings. The van der Waals surface area contributed by atoms with E-state index in [1.165, 1.54) is 23.5 Å². The van der Waals surface area contributed by atoms with Gasteiger partial charge in [-0.25, -0.2) is 9.78 Å². The molecule has 0 aliphatic heterocycles. The van der Waals surface area contributed by atoms with Gasteiger partial charge in [0, 0.05) is 22.3 Å². The highest BCUT2D eigenvalue weighted by molar-refractivity contribution is 7.09. The van der Waals surface area contributed by atoms with E-state index in [4.69, 9.17) is 0 Å². The molecule has 27 heavy (non-hydrogen) atoms. The van der Waals surface area contributed by atoms with Gasteiger partial charge in [0.15, 0.2) is 0 Å². The van der Waals surface area contributed by atoms with Crippen LogP contribution in [0.2, 0.25) is 0 Å². The zero-order chi connectivity index (χ0) is 19.4. The van der Waals surface area contributed by atoms with Crippen LogP contribution in [0.25, 0.3) is 11.3 Å². The van der Waals surface area contributed by atoms with Gasteiger partial charge in [-0.1, -0.05) is 12.1 Å². The van der Waals surface area contributed by atoms with Crippen LogP contribution in [0.15, 0.2) is 53.9 Å². The summed E-state index contributed by atoms with van der Waals surface area (Å²) in [4.78, 5) is 16.5. The average molecular weight is 393 g/mol. The van der Waals surface area contributed by atoms with Crippen molar-refractivity contribution in [2.45, 2.75) is 13.3 Å². The van der Waals surface area contributed by atoms with Crippen LogP contribution in [-0.2, 0) is 0 Å². The van der Waals surface area contributed by atoms with Crippen molar-refractivity contribution in [2.75, 3.05) is 10.6 Å². The van der Waals surface area contributed by atoms with E-state index >= 15 is 0 Å². The van der Waals surface area contributed by atoms with Crippen molar-refractivity contribution in [3.63, 3.8) is 0 Å². The minimum absolute atomic E-state index is 0.327. The van der Waals surface area contributed by atoms with Crippen LogP contribution >= 0.6 is 11.3 Å². The molecular weight excluding hydrogens is 379 g/mol. The Morgan fingerprint density at radius 3 is 2.41 bits per heavy atom. The summed E-state index contributed by atoms with van der Waals surface area (Å²) >= 11 is 1.53. The first-order valence-electron chi connectivity index (χ1n) is 7.75. The van der Waals surface area contributed by atoms with Crippen LogP contribution in [0, 0.1) is 6.92 Å². The number of carbonyl (C=O) groups is 1. The van der Waals surface area contributed by atoms with Gasteiger partial charge in [0.1, 0.15) is 5.75 Å². The molecule has 2 amide bonds. The zero-order valence-corrected chi connectivity index (χ0v) is 14.8. The van der Waals surface area contributed by atoms with Gasteiger partial charge < -0.3 is 15.4 Å². The Balaban J connectivity index is 1.62. The van der Waals surface area contributed by atoms with E-state index in [2.05, 4.69) is 20.4 Å². The number of rotatable bonds is 4. The fraction of sp³-hybridized carbons (Fsp3) is 0.111. The van der Waals surface area contributed by atoms with Crippen molar-refractivity contribution in [2.24, 2.45) is 0 Å². The molecule has 9 heteroatoms. The summed E-state index contributed by atoms with van der Waals surface area (Å²) in [6, 6.07) is 11.5. The summed E-state index contributed by atoms with van der Waals surface area (Å²) in [6.07, 6.45) is -4.76. The standard InChI is InChI=1S/C18H14F3N3O2S/c1-11-22-16(10-27-11)12-3-2-4-14(9-12)24-17(25)23-13-5-7-15(8-6-13)26-18(19,20)21/h2-10H,1H3,(H2,23,24,25). The Morgan fingerprint density at radius 1 is 1.07 bits per heavy atom. The first kappa shape index (κ1) is 18.7. The molecule has 0 saturated carbocycles. The number of hydrogen-bond donors (Lipinski definition) is 2. The van der Waals surface area contributed by atoms with E-state index in [9.17, 15) is 18.0 Å². The molecule has 1 aromatic heterocycles.